The number of aromatic nitrogens is 3. The van der Waals surface area contributed by atoms with Crippen molar-refractivity contribution in [2.75, 3.05) is 0 Å². The quantitative estimate of drug-likeness (QED) is 0.665. The van der Waals surface area contributed by atoms with Crippen molar-refractivity contribution < 1.29 is 0 Å². The number of rotatable bonds is 1. The standard InChI is InChI=1S/C15H12N4/c1-10-5-13-14(6-11(10)2)19(9-18-13)15-7-12(8-16)3-4-17-15/h3-7,9H,1-2H3. The van der Waals surface area contributed by atoms with Crippen LogP contribution in [0.25, 0.3) is 16.9 Å². The molecule has 0 aliphatic rings. The minimum Gasteiger partial charge on any atom is -0.283 e. The Bertz CT molecular complexity index is 809. The number of hydrogen-bond acceptors (Lipinski definition) is 3. The summed E-state index contributed by atoms with van der Waals surface area (Å²) in [6.45, 7) is 4.15. The zero-order chi connectivity index (χ0) is 13.4. The summed E-state index contributed by atoms with van der Waals surface area (Å²) in [6.07, 6.45) is 3.38. The second-order valence-electron chi connectivity index (χ2n) is 4.55. The van der Waals surface area contributed by atoms with Gasteiger partial charge in [0.2, 0.25) is 0 Å². The zero-order valence-electron chi connectivity index (χ0n) is 10.8. The number of benzene rings is 1. The smallest absolute Gasteiger partial charge is 0.139 e. The van der Waals surface area contributed by atoms with Gasteiger partial charge < -0.3 is 0 Å². The number of imidazole rings is 1. The SMILES string of the molecule is Cc1cc2ncn(-c3cc(C#N)ccn3)c2cc1C. The number of hydrogen-bond donors (Lipinski definition) is 0. The summed E-state index contributed by atoms with van der Waals surface area (Å²) in [4.78, 5) is 8.70. The summed E-state index contributed by atoms with van der Waals surface area (Å²) in [7, 11) is 0. The number of pyridine rings is 1. The lowest BCUT2D eigenvalue weighted by molar-refractivity contribution is 1.02. The molecular formula is C15H12N4. The Balaban J connectivity index is 2.25. The van der Waals surface area contributed by atoms with E-state index in [1.165, 1.54) is 11.1 Å². The van der Waals surface area contributed by atoms with Gasteiger partial charge in [-0.05, 0) is 49.2 Å². The van der Waals surface area contributed by atoms with Gasteiger partial charge in [0.25, 0.3) is 0 Å². The Morgan fingerprint density at radius 2 is 1.89 bits per heavy atom. The van der Waals surface area contributed by atoms with E-state index in [0.717, 1.165) is 11.0 Å². The predicted molar refractivity (Wildman–Crippen MR) is 73.1 cm³/mol. The fourth-order valence-corrected chi connectivity index (χ4v) is 2.07. The highest BCUT2D eigenvalue weighted by Crippen LogP contribution is 2.21. The van der Waals surface area contributed by atoms with E-state index >= 15 is 0 Å². The largest absolute Gasteiger partial charge is 0.283 e. The Morgan fingerprint density at radius 3 is 2.68 bits per heavy atom. The average molecular weight is 248 g/mol. The molecule has 4 nitrogen and oxygen atoms in total. The number of nitrogens with zero attached hydrogens (tertiary/aromatic N) is 4. The van der Waals surface area contributed by atoms with Gasteiger partial charge in [0.1, 0.15) is 12.1 Å². The zero-order valence-corrected chi connectivity index (χ0v) is 10.8. The molecule has 0 N–H and O–H groups in total. The summed E-state index contributed by atoms with van der Waals surface area (Å²) < 4.78 is 1.91. The summed E-state index contributed by atoms with van der Waals surface area (Å²) >= 11 is 0. The van der Waals surface area contributed by atoms with Crippen LogP contribution in [0.2, 0.25) is 0 Å². The summed E-state index contributed by atoms with van der Waals surface area (Å²) in [6, 6.07) is 9.74. The first-order valence-electron chi connectivity index (χ1n) is 6.00. The van der Waals surface area contributed by atoms with E-state index < -0.39 is 0 Å². The molecule has 3 aromatic rings. The van der Waals surface area contributed by atoms with E-state index in [9.17, 15) is 0 Å². The molecule has 0 saturated heterocycles. The molecular weight excluding hydrogens is 236 g/mol. The third kappa shape index (κ3) is 1.85. The molecule has 2 aromatic heterocycles. The molecule has 0 aliphatic heterocycles. The van der Waals surface area contributed by atoms with Crippen LogP contribution in [0.15, 0.2) is 36.8 Å². The van der Waals surface area contributed by atoms with E-state index in [1.807, 2.05) is 4.57 Å². The van der Waals surface area contributed by atoms with Crippen LogP contribution >= 0.6 is 0 Å². The second-order valence-corrected chi connectivity index (χ2v) is 4.55. The molecule has 2 heterocycles. The minimum atomic E-state index is 0.593. The molecule has 4 heteroatoms. The van der Waals surface area contributed by atoms with Crippen molar-refractivity contribution in [2.24, 2.45) is 0 Å². The van der Waals surface area contributed by atoms with Crippen molar-refractivity contribution in [3.05, 3.63) is 53.5 Å². The lowest BCUT2D eigenvalue weighted by atomic mass is 10.1. The lowest BCUT2D eigenvalue weighted by Crippen LogP contribution is -1.96. The molecule has 0 atom stereocenters. The van der Waals surface area contributed by atoms with Gasteiger partial charge in [-0.25, -0.2) is 9.97 Å². The van der Waals surface area contributed by atoms with Crippen LogP contribution in [0.4, 0.5) is 0 Å². The highest BCUT2D eigenvalue weighted by molar-refractivity contribution is 5.79. The van der Waals surface area contributed by atoms with Gasteiger partial charge in [0.05, 0.1) is 22.7 Å². The van der Waals surface area contributed by atoms with Gasteiger partial charge in [-0.15, -0.1) is 0 Å². The molecule has 1 aromatic carbocycles. The van der Waals surface area contributed by atoms with Gasteiger partial charge in [-0.2, -0.15) is 5.26 Å². The van der Waals surface area contributed by atoms with E-state index in [2.05, 4.69) is 42.0 Å². The first-order valence-corrected chi connectivity index (χ1v) is 6.00. The lowest BCUT2D eigenvalue weighted by Gasteiger charge is -2.05. The normalized spacial score (nSPS) is 10.6. The summed E-state index contributed by atoms with van der Waals surface area (Å²) in [5, 5.41) is 8.95. The molecule has 0 saturated carbocycles. The highest BCUT2D eigenvalue weighted by Gasteiger charge is 2.07. The van der Waals surface area contributed by atoms with Crippen LogP contribution in [0, 0.1) is 25.2 Å². The van der Waals surface area contributed by atoms with Crippen molar-refractivity contribution in [3.8, 4) is 11.9 Å². The van der Waals surface area contributed by atoms with Crippen LogP contribution in [0.5, 0.6) is 0 Å². The van der Waals surface area contributed by atoms with Crippen molar-refractivity contribution >= 4 is 11.0 Å². The molecule has 19 heavy (non-hydrogen) atoms. The topological polar surface area (TPSA) is 54.5 Å². The Hall–Kier alpha value is -2.67. The molecule has 92 valence electrons. The number of aryl methyl sites for hydroxylation is 2. The maximum atomic E-state index is 8.95. The van der Waals surface area contributed by atoms with Crippen molar-refractivity contribution in [2.45, 2.75) is 13.8 Å². The summed E-state index contributed by atoms with van der Waals surface area (Å²) in [5.74, 6) is 0.713. The van der Waals surface area contributed by atoms with E-state index in [1.54, 1.807) is 24.7 Å². The monoisotopic (exact) mass is 248 g/mol. The Morgan fingerprint density at radius 1 is 1.11 bits per heavy atom. The maximum absolute atomic E-state index is 8.95. The van der Waals surface area contributed by atoms with E-state index in [0.29, 0.717) is 11.4 Å². The fourth-order valence-electron chi connectivity index (χ4n) is 2.07. The van der Waals surface area contributed by atoms with E-state index in [4.69, 9.17) is 5.26 Å². The van der Waals surface area contributed by atoms with Gasteiger partial charge in [0.15, 0.2) is 0 Å². The van der Waals surface area contributed by atoms with Crippen LogP contribution < -0.4 is 0 Å². The highest BCUT2D eigenvalue weighted by atomic mass is 15.1. The van der Waals surface area contributed by atoms with Gasteiger partial charge in [0, 0.05) is 6.20 Å². The second kappa shape index (κ2) is 4.21. The maximum Gasteiger partial charge on any atom is 0.139 e. The average Bonchev–Trinajstić information content (AvgIpc) is 2.82. The molecule has 0 aliphatic carbocycles. The Kier molecular flexibility index (Phi) is 2.53. The van der Waals surface area contributed by atoms with Crippen LogP contribution in [0.1, 0.15) is 16.7 Å². The third-order valence-corrected chi connectivity index (χ3v) is 3.28. The van der Waals surface area contributed by atoms with Crippen molar-refractivity contribution in [1.29, 1.82) is 5.26 Å². The van der Waals surface area contributed by atoms with Gasteiger partial charge in [-0.1, -0.05) is 0 Å². The minimum absolute atomic E-state index is 0.593. The van der Waals surface area contributed by atoms with Crippen molar-refractivity contribution in [1.82, 2.24) is 14.5 Å². The van der Waals surface area contributed by atoms with Crippen LogP contribution in [-0.2, 0) is 0 Å². The molecule has 0 spiro atoms. The molecule has 0 radical (unpaired) electrons. The first kappa shape index (κ1) is 11.4. The first-order chi connectivity index (χ1) is 9.19. The van der Waals surface area contributed by atoms with Gasteiger partial charge >= 0.3 is 0 Å². The molecule has 0 amide bonds. The van der Waals surface area contributed by atoms with Crippen molar-refractivity contribution in [3.63, 3.8) is 0 Å². The van der Waals surface area contributed by atoms with Crippen LogP contribution in [-0.4, -0.2) is 14.5 Å². The molecule has 3 rings (SSSR count). The molecule has 0 unspecified atom stereocenters. The number of nitriles is 1. The number of fused-ring (bicyclic) bond motifs is 1. The molecule has 0 bridgehead atoms. The Labute approximate surface area is 111 Å². The summed E-state index contributed by atoms with van der Waals surface area (Å²) in [5.41, 5.74) is 4.97. The van der Waals surface area contributed by atoms with Crippen LogP contribution in [0.3, 0.4) is 0 Å². The van der Waals surface area contributed by atoms with Gasteiger partial charge in [-0.3, -0.25) is 4.57 Å². The predicted octanol–water partition coefficient (Wildman–Crippen LogP) is 2.91. The fraction of sp³-hybridized carbons (Fsp3) is 0.133. The third-order valence-electron chi connectivity index (χ3n) is 3.28. The van der Waals surface area contributed by atoms with E-state index in [-0.39, 0.29) is 0 Å². The molecule has 0 fully saturated rings.